The SMILES string of the molecule is CCOc1ccc(C(=O)NCC(C)C)cc1COc1ccc(Cl)cc1. The van der Waals surface area contributed by atoms with Gasteiger partial charge in [-0.15, -0.1) is 0 Å². The van der Waals surface area contributed by atoms with Crippen LogP contribution in [0.25, 0.3) is 0 Å². The number of ether oxygens (including phenoxy) is 2. The maximum Gasteiger partial charge on any atom is 0.251 e. The fourth-order valence-corrected chi connectivity index (χ4v) is 2.35. The van der Waals surface area contributed by atoms with E-state index in [1.807, 2.05) is 31.2 Å². The molecule has 134 valence electrons. The zero-order valence-electron chi connectivity index (χ0n) is 14.8. The van der Waals surface area contributed by atoms with E-state index in [1.54, 1.807) is 18.2 Å². The van der Waals surface area contributed by atoms with Gasteiger partial charge in [0.1, 0.15) is 18.1 Å². The maximum atomic E-state index is 12.3. The van der Waals surface area contributed by atoms with Gasteiger partial charge in [0.15, 0.2) is 0 Å². The molecule has 0 saturated heterocycles. The summed E-state index contributed by atoms with van der Waals surface area (Å²) in [5.41, 5.74) is 1.42. The summed E-state index contributed by atoms with van der Waals surface area (Å²) in [6.45, 7) is 7.54. The quantitative estimate of drug-likeness (QED) is 0.741. The number of hydrogen-bond donors (Lipinski definition) is 1. The normalized spacial score (nSPS) is 10.6. The zero-order chi connectivity index (χ0) is 18.2. The summed E-state index contributed by atoms with van der Waals surface area (Å²) in [5, 5.41) is 3.58. The molecule has 1 amide bonds. The second kappa shape index (κ2) is 9.33. The van der Waals surface area contributed by atoms with Gasteiger partial charge in [-0.25, -0.2) is 0 Å². The molecule has 4 nitrogen and oxygen atoms in total. The Morgan fingerprint density at radius 3 is 2.48 bits per heavy atom. The Morgan fingerprint density at radius 1 is 1.12 bits per heavy atom. The van der Waals surface area contributed by atoms with E-state index in [0.29, 0.717) is 42.0 Å². The monoisotopic (exact) mass is 361 g/mol. The number of halogens is 1. The van der Waals surface area contributed by atoms with Crippen molar-refractivity contribution in [2.45, 2.75) is 27.4 Å². The van der Waals surface area contributed by atoms with Gasteiger partial charge in [0.25, 0.3) is 5.91 Å². The van der Waals surface area contributed by atoms with Crippen molar-refractivity contribution in [3.05, 3.63) is 58.6 Å². The molecule has 0 radical (unpaired) electrons. The first-order valence-electron chi connectivity index (χ1n) is 8.42. The molecule has 0 aliphatic heterocycles. The van der Waals surface area contributed by atoms with Gasteiger partial charge in [0, 0.05) is 22.7 Å². The van der Waals surface area contributed by atoms with E-state index >= 15 is 0 Å². The standard InChI is InChI=1S/C20H24ClNO3/c1-4-24-19-10-5-15(20(23)22-12-14(2)3)11-16(19)13-25-18-8-6-17(21)7-9-18/h5-11,14H,4,12-13H2,1-3H3,(H,22,23). The highest BCUT2D eigenvalue weighted by Gasteiger charge is 2.11. The van der Waals surface area contributed by atoms with Crippen molar-refractivity contribution < 1.29 is 14.3 Å². The first-order chi connectivity index (χ1) is 12.0. The number of hydrogen-bond acceptors (Lipinski definition) is 3. The van der Waals surface area contributed by atoms with Crippen LogP contribution < -0.4 is 14.8 Å². The maximum absolute atomic E-state index is 12.3. The van der Waals surface area contributed by atoms with Crippen LogP contribution in [0.3, 0.4) is 0 Å². The van der Waals surface area contributed by atoms with Crippen LogP contribution in [-0.2, 0) is 6.61 Å². The Kier molecular flexibility index (Phi) is 7.14. The number of carbonyl (C=O) groups excluding carboxylic acids is 1. The molecule has 0 aliphatic carbocycles. The minimum Gasteiger partial charge on any atom is -0.493 e. The van der Waals surface area contributed by atoms with Crippen molar-refractivity contribution in [2.24, 2.45) is 5.92 Å². The van der Waals surface area contributed by atoms with Crippen molar-refractivity contribution in [3.63, 3.8) is 0 Å². The van der Waals surface area contributed by atoms with E-state index in [4.69, 9.17) is 21.1 Å². The van der Waals surface area contributed by atoms with E-state index in [1.165, 1.54) is 0 Å². The van der Waals surface area contributed by atoms with Crippen molar-refractivity contribution in [2.75, 3.05) is 13.2 Å². The number of amides is 1. The molecule has 0 atom stereocenters. The van der Waals surface area contributed by atoms with Crippen LogP contribution in [0.4, 0.5) is 0 Å². The summed E-state index contributed by atoms with van der Waals surface area (Å²) >= 11 is 5.88. The van der Waals surface area contributed by atoms with Crippen LogP contribution in [0.1, 0.15) is 36.7 Å². The van der Waals surface area contributed by atoms with Gasteiger partial charge in [0.05, 0.1) is 6.61 Å². The molecule has 0 fully saturated rings. The number of benzene rings is 2. The van der Waals surface area contributed by atoms with Crippen LogP contribution >= 0.6 is 11.6 Å². The second-order valence-electron chi connectivity index (χ2n) is 6.10. The largest absolute Gasteiger partial charge is 0.493 e. The third kappa shape index (κ3) is 5.98. The van der Waals surface area contributed by atoms with Crippen molar-refractivity contribution in [3.8, 4) is 11.5 Å². The molecule has 0 bridgehead atoms. The molecule has 0 aromatic heterocycles. The highest BCUT2D eigenvalue weighted by Crippen LogP contribution is 2.23. The van der Waals surface area contributed by atoms with E-state index in [9.17, 15) is 4.79 Å². The van der Waals surface area contributed by atoms with Gasteiger partial charge < -0.3 is 14.8 Å². The molecule has 0 spiro atoms. The number of rotatable bonds is 8. The Balaban J connectivity index is 2.13. The summed E-state index contributed by atoms with van der Waals surface area (Å²) in [6.07, 6.45) is 0. The fraction of sp³-hybridized carbons (Fsp3) is 0.350. The lowest BCUT2D eigenvalue weighted by Gasteiger charge is -2.14. The van der Waals surface area contributed by atoms with Crippen LogP contribution in [0.15, 0.2) is 42.5 Å². The van der Waals surface area contributed by atoms with Gasteiger partial charge in [-0.05, 0) is 55.3 Å². The lowest BCUT2D eigenvalue weighted by Crippen LogP contribution is -2.27. The zero-order valence-corrected chi connectivity index (χ0v) is 15.6. The lowest BCUT2D eigenvalue weighted by atomic mass is 10.1. The third-order valence-corrected chi connectivity index (χ3v) is 3.75. The third-order valence-electron chi connectivity index (χ3n) is 3.50. The molecule has 5 heteroatoms. The summed E-state index contributed by atoms with van der Waals surface area (Å²) in [7, 11) is 0. The molecule has 0 unspecified atom stereocenters. The topological polar surface area (TPSA) is 47.6 Å². The van der Waals surface area contributed by atoms with Gasteiger partial charge in [-0.2, -0.15) is 0 Å². The van der Waals surface area contributed by atoms with E-state index < -0.39 is 0 Å². The summed E-state index contributed by atoms with van der Waals surface area (Å²) in [5.74, 6) is 1.74. The minimum absolute atomic E-state index is 0.0931. The Bertz CT molecular complexity index is 699. The molecule has 2 aromatic rings. The van der Waals surface area contributed by atoms with Crippen LogP contribution in [-0.4, -0.2) is 19.1 Å². The molecule has 25 heavy (non-hydrogen) atoms. The molecule has 0 aliphatic rings. The highest BCUT2D eigenvalue weighted by molar-refractivity contribution is 6.30. The molecule has 1 N–H and O–H groups in total. The van der Waals surface area contributed by atoms with Crippen LogP contribution in [0, 0.1) is 5.92 Å². The molecular formula is C20H24ClNO3. The van der Waals surface area contributed by atoms with Gasteiger partial charge in [-0.3, -0.25) is 4.79 Å². The Morgan fingerprint density at radius 2 is 1.84 bits per heavy atom. The highest BCUT2D eigenvalue weighted by atomic mass is 35.5. The fourth-order valence-electron chi connectivity index (χ4n) is 2.22. The summed E-state index contributed by atoms with van der Waals surface area (Å²) in [4.78, 5) is 12.3. The Labute approximate surface area is 154 Å². The molecule has 2 aromatic carbocycles. The van der Waals surface area contributed by atoms with Gasteiger partial charge in [0.2, 0.25) is 0 Å². The summed E-state index contributed by atoms with van der Waals surface area (Å²) < 4.78 is 11.4. The lowest BCUT2D eigenvalue weighted by molar-refractivity contribution is 0.0949. The van der Waals surface area contributed by atoms with Crippen LogP contribution in [0.2, 0.25) is 5.02 Å². The van der Waals surface area contributed by atoms with Crippen molar-refractivity contribution in [1.82, 2.24) is 5.32 Å². The first-order valence-corrected chi connectivity index (χ1v) is 8.79. The molecule has 0 heterocycles. The summed E-state index contributed by atoms with van der Waals surface area (Å²) in [6, 6.07) is 12.6. The smallest absolute Gasteiger partial charge is 0.251 e. The predicted molar refractivity (Wildman–Crippen MR) is 101 cm³/mol. The average Bonchev–Trinajstić information content (AvgIpc) is 2.60. The Hall–Kier alpha value is -2.20. The van der Waals surface area contributed by atoms with E-state index in [2.05, 4.69) is 19.2 Å². The van der Waals surface area contributed by atoms with Gasteiger partial charge in [-0.1, -0.05) is 25.4 Å². The van der Waals surface area contributed by atoms with Gasteiger partial charge >= 0.3 is 0 Å². The average molecular weight is 362 g/mol. The molecule has 0 saturated carbocycles. The second-order valence-corrected chi connectivity index (χ2v) is 6.54. The van der Waals surface area contributed by atoms with E-state index in [0.717, 1.165) is 11.3 Å². The van der Waals surface area contributed by atoms with Crippen molar-refractivity contribution >= 4 is 17.5 Å². The predicted octanol–water partition coefficient (Wildman–Crippen LogP) is 4.70. The van der Waals surface area contributed by atoms with Crippen molar-refractivity contribution in [1.29, 1.82) is 0 Å². The molecular weight excluding hydrogens is 338 g/mol. The minimum atomic E-state index is -0.0931. The molecule has 2 rings (SSSR count). The van der Waals surface area contributed by atoms with E-state index in [-0.39, 0.29) is 5.91 Å². The number of nitrogens with one attached hydrogen (secondary N) is 1. The number of carbonyl (C=O) groups is 1. The first kappa shape index (κ1) is 19.1. The van der Waals surface area contributed by atoms with Crippen LogP contribution in [0.5, 0.6) is 11.5 Å².